The van der Waals surface area contributed by atoms with Crippen LogP contribution >= 0.6 is 0 Å². The second-order valence-corrected chi connectivity index (χ2v) is 5.68. The Hall–Kier alpha value is -3.81. The van der Waals surface area contributed by atoms with E-state index in [4.69, 9.17) is 14.2 Å². The number of para-hydroxylation sites is 1. The van der Waals surface area contributed by atoms with Gasteiger partial charge >= 0.3 is 0 Å². The summed E-state index contributed by atoms with van der Waals surface area (Å²) in [5.41, 5.74) is 3.40. The van der Waals surface area contributed by atoms with Crippen molar-refractivity contribution in [2.75, 3.05) is 27.4 Å². The van der Waals surface area contributed by atoms with Crippen LogP contribution in [0.3, 0.4) is 0 Å². The van der Waals surface area contributed by atoms with Crippen LogP contribution in [-0.4, -0.2) is 45.4 Å². The molecule has 0 aliphatic carbocycles. The highest BCUT2D eigenvalue weighted by Gasteiger charge is 2.11. The SMILES string of the molecule is C=CCOc1ccccc1/C=N\NC(=O)CNC(=O)c1ccc(OC)c(OC)c1. The molecule has 0 aliphatic rings. The topological polar surface area (TPSA) is 98.2 Å². The number of amides is 2. The maximum absolute atomic E-state index is 12.2. The molecule has 2 rings (SSSR count). The monoisotopic (exact) mass is 397 g/mol. The van der Waals surface area contributed by atoms with E-state index < -0.39 is 11.8 Å². The molecule has 2 N–H and O–H groups in total. The Labute approximate surface area is 169 Å². The van der Waals surface area contributed by atoms with E-state index in [1.54, 1.807) is 30.3 Å². The first-order chi connectivity index (χ1) is 14.1. The number of methoxy groups -OCH3 is 2. The lowest BCUT2D eigenvalue weighted by Gasteiger charge is -2.09. The number of carbonyl (C=O) groups is 2. The van der Waals surface area contributed by atoms with E-state index in [0.29, 0.717) is 35.0 Å². The Morgan fingerprint density at radius 1 is 1.07 bits per heavy atom. The van der Waals surface area contributed by atoms with Crippen LogP contribution in [-0.2, 0) is 4.79 Å². The lowest BCUT2D eigenvalue weighted by Crippen LogP contribution is -2.34. The zero-order chi connectivity index (χ0) is 21.1. The third kappa shape index (κ3) is 6.39. The van der Waals surface area contributed by atoms with Crippen molar-refractivity contribution in [1.29, 1.82) is 0 Å². The molecule has 0 saturated heterocycles. The van der Waals surface area contributed by atoms with Gasteiger partial charge in [0.2, 0.25) is 0 Å². The second-order valence-electron chi connectivity index (χ2n) is 5.68. The van der Waals surface area contributed by atoms with Gasteiger partial charge in [0, 0.05) is 11.1 Å². The van der Waals surface area contributed by atoms with Crippen LogP contribution in [0.4, 0.5) is 0 Å². The van der Waals surface area contributed by atoms with Gasteiger partial charge < -0.3 is 19.5 Å². The fraction of sp³-hybridized carbons (Fsp3) is 0.190. The molecule has 2 amide bonds. The van der Waals surface area contributed by atoms with Crippen molar-refractivity contribution in [3.8, 4) is 17.2 Å². The Morgan fingerprint density at radius 3 is 2.55 bits per heavy atom. The molecule has 2 aromatic carbocycles. The summed E-state index contributed by atoms with van der Waals surface area (Å²) >= 11 is 0. The van der Waals surface area contributed by atoms with Gasteiger partial charge in [-0.05, 0) is 30.3 Å². The Balaban J connectivity index is 1.88. The van der Waals surface area contributed by atoms with Crippen molar-refractivity contribution >= 4 is 18.0 Å². The second kappa shape index (κ2) is 11.1. The van der Waals surface area contributed by atoms with Crippen molar-refractivity contribution in [3.05, 3.63) is 66.2 Å². The molecular weight excluding hydrogens is 374 g/mol. The quantitative estimate of drug-likeness (QED) is 0.364. The summed E-state index contributed by atoms with van der Waals surface area (Å²) in [6.07, 6.45) is 3.10. The summed E-state index contributed by atoms with van der Waals surface area (Å²) in [6, 6.07) is 12.0. The highest BCUT2D eigenvalue weighted by Crippen LogP contribution is 2.27. The number of rotatable bonds is 10. The lowest BCUT2D eigenvalue weighted by atomic mass is 10.2. The first kappa shape index (κ1) is 21.5. The number of ether oxygens (including phenoxy) is 3. The van der Waals surface area contributed by atoms with Gasteiger partial charge in [0.05, 0.1) is 27.0 Å². The lowest BCUT2D eigenvalue weighted by molar-refractivity contribution is -0.120. The van der Waals surface area contributed by atoms with E-state index in [0.717, 1.165) is 0 Å². The summed E-state index contributed by atoms with van der Waals surface area (Å²) in [4.78, 5) is 24.1. The molecule has 0 aliphatic heterocycles. The predicted molar refractivity (Wildman–Crippen MR) is 110 cm³/mol. The van der Waals surface area contributed by atoms with Gasteiger partial charge in [-0.3, -0.25) is 9.59 Å². The number of benzene rings is 2. The third-order valence-electron chi connectivity index (χ3n) is 3.72. The minimum absolute atomic E-state index is 0.237. The molecule has 0 fully saturated rings. The molecule has 0 spiro atoms. The number of carbonyl (C=O) groups excluding carboxylic acids is 2. The zero-order valence-corrected chi connectivity index (χ0v) is 16.3. The fourth-order valence-corrected chi connectivity index (χ4v) is 2.32. The first-order valence-corrected chi connectivity index (χ1v) is 8.74. The van der Waals surface area contributed by atoms with Crippen molar-refractivity contribution in [1.82, 2.24) is 10.7 Å². The highest BCUT2D eigenvalue weighted by molar-refractivity contribution is 5.97. The summed E-state index contributed by atoms with van der Waals surface area (Å²) in [5.74, 6) is 0.653. The van der Waals surface area contributed by atoms with Gasteiger partial charge in [0.1, 0.15) is 12.4 Å². The number of nitrogens with one attached hydrogen (secondary N) is 2. The van der Waals surface area contributed by atoms with Gasteiger partial charge in [0.25, 0.3) is 11.8 Å². The highest BCUT2D eigenvalue weighted by atomic mass is 16.5. The number of hydrogen-bond acceptors (Lipinski definition) is 6. The maximum atomic E-state index is 12.2. The standard InChI is InChI=1S/C21H23N3O5/c1-4-11-29-17-8-6-5-7-16(17)13-23-24-20(25)14-22-21(26)15-9-10-18(27-2)19(12-15)28-3/h4-10,12-13H,1,11,14H2,2-3H3,(H,22,26)(H,24,25)/b23-13-. The maximum Gasteiger partial charge on any atom is 0.259 e. The molecule has 29 heavy (non-hydrogen) atoms. The third-order valence-corrected chi connectivity index (χ3v) is 3.72. The summed E-state index contributed by atoms with van der Waals surface area (Å²) in [7, 11) is 2.98. The van der Waals surface area contributed by atoms with E-state index in [-0.39, 0.29) is 6.54 Å². The summed E-state index contributed by atoms with van der Waals surface area (Å²) < 4.78 is 15.8. The molecule has 0 bridgehead atoms. The van der Waals surface area contributed by atoms with E-state index in [1.165, 1.54) is 26.5 Å². The average Bonchev–Trinajstić information content (AvgIpc) is 2.76. The molecule has 0 unspecified atom stereocenters. The number of hydrogen-bond donors (Lipinski definition) is 2. The number of hydrazone groups is 1. The van der Waals surface area contributed by atoms with Gasteiger partial charge in [-0.15, -0.1) is 0 Å². The van der Waals surface area contributed by atoms with Crippen LogP contribution in [0.5, 0.6) is 17.2 Å². The Bertz CT molecular complexity index is 896. The molecule has 0 radical (unpaired) electrons. The average molecular weight is 397 g/mol. The Kier molecular flexibility index (Phi) is 8.25. The molecule has 0 heterocycles. The molecule has 0 aromatic heterocycles. The predicted octanol–water partition coefficient (Wildman–Crippen LogP) is 2.15. The molecule has 0 atom stereocenters. The van der Waals surface area contributed by atoms with Gasteiger partial charge in [-0.2, -0.15) is 5.10 Å². The van der Waals surface area contributed by atoms with Crippen LogP contribution in [0.2, 0.25) is 0 Å². The van der Waals surface area contributed by atoms with E-state index in [9.17, 15) is 9.59 Å². The summed E-state index contributed by atoms with van der Waals surface area (Å²) in [5, 5.41) is 6.41. The van der Waals surface area contributed by atoms with Gasteiger partial charge in [-0.1, -0.05) is 24.8 Å². The molecule has 8 nitrogen and oxygen atoms in total. The van der Waals surface area contributed by atoms with Crippen LogP contribution in [0.1, 0.15) is 15.9 Å². The summed E-state index contributed by atoms with van der Waals surface area (Å²) in [6.45, 7) is 3.73. The first-order valence-electron chi connectivity index (χ1n) is 8.74. The minimum Gasteiger partial charge on any atom is -0.493 e. The number of nitrogens with zero attached hydrogens (tertiary/aromatic N) is 1. The molecule has 152 valence electrons. The molecule has 8 heteroatoms. The minimum atomic E-state index is -0.473. The van der Waals surface area contributed by atoms with Crippen LogP contribution in [0.15, 0.2) is 60.2 Å². The smallest absolute Gasteiger partial charge is 0.259 e. The van der Waals surface area contributed by atoms with Crippen LogP contribution in [0.25, 0.3) is 0 Å². The molecule has 0 saturated carbocycles. The van der Waals surface area contributed by atoms with Crippen molar-refractivity contribution < 1.29 is 23.8 Å². The van der Waals surface area contributed by atoms with Crippen molar-refractivity contribution in [2.45, 2.75) is 0 Å². The largest absolute Gasteiger partial charge is 0.493 e. The van der Waals surface area contributed by atoms with E-state index >= 15 is 0 Å². The Morgan fingerprint density at radius 2 is 1.83 bits per heavy atom. The molecular formula is C21H23N3O5. The normalized spacial score (nSPS) is 10.3. The van der Waals surface area contributed by atoms with Crippen LogP contribution < -0.4 is 25.0 Å². The zero-order valence-electron chi connectivity index (χ0n) is 16.3. The van der Waals surface area contributed by atoms with E-state index in [1.807, 2.05) is 12.1 Å². The fourth-order valence-electron chi connectivity index (χ4n) is 2.32. The van der Waals surface area contributed by atoms with Crippen molar-refractivity contribution in [3.63, 3.8) is 0 Å². The van der Waals surface area contributed by atoms with Crippen molar-refractivity contribution in [2.24, 2.45) is 5.10 Å². The molecule has 2 aromatic rings. The van der Waals surface area contributed by atoms with Gasteiger partial charge in [0.15, 0.2) is 11.5 Å². The van der Waals surface area contributed by atoms with E-state index in [2.05, 4.69) is 22.4 Å². The van der Waals surface area contributed by atoms with Gasteiger partial charge in [-0.25, -0.2) is 5.43 Å². The van der Waals surface area contributed by atoms with Crippen LogP contribution in [0, 0.1) is 0 Å².